The minimum atomic E-state index is -4.38. The maximum absolute atomic E-state index is 12.5. The fourth-order valence-electron chi connectivity index (χ4n) is 2.52. The van der Waals surface area contributed by atoms with E-state index in [1.165, 1.54) is 12.1 Å². The van der Waals surface area contributed by atoms with E-state index < -0.39 is 17.8 Å². The van der Waals surface area contributed by atoms with Crippen LogP contribution in [-0.2, 0) is 6.18 Å². The molecule has 0 amide bonds. The fraction of sp³-hybridized carbons (Fsp3) is 0.588. The van der Waals surface area contributed by atoms with Crippen LogP contribution >= 0.6 is 0 Å². The average molecular weight is 359 g/mol. The van der Waals surface area contributed by atoms with Crippen LogP contribution in [0.1, 0.15) is 25.3 Å². The average Bonchev–Trinajstić information content (AvgIpc) is 2.58. The lowest BCUT2D eigenvalue weighted by Gasteiger charge is -2.31. The van der Waals surface area contributed by atoms with Crippen molar-refractivity contribution in [3.05, 3.63) is 29.8 Å². The lowest BCUT2D eigenvalue weighted by Crippen LogP contribution is -2.43. The molecule has 1 aromatic rings. The van der Waals surface area contributed by atoms with Crippen LogP contribution in [0.25, 0.3) is 0 Å². The zero-order chi connectivity index (χ0) is 18.4. The first-order valence-electron chi connectivity index (χ1n) is 8.28. The maximum atomic E-state index is 12.5. The van der Waals surface area contributed by atoms with Crippen LogP contribution in [0.2, 0.25) is 0 Å². The van der Waals surface area contributed by atoms with Gasteiger partial charge in [0.2, 0.25) is 0 Å². The summed E-state index contributed by atoms with van der Waals surface area (Å²) in [5, 5.41) is 9.90. The van der Waals surface area contributed by atoms with Gasteiger partial charge in [-0.15, -0.1) is 0 Å². The van der Waals surface area contributed by atoms with Gasteiger partial charge in [-0.05, 0) is 43.0 Å². The Kier molecular flexibility index (Phi) is 6.52. The number of nitrogens with two attached hydrogens (primary N) is 1. The van der Waals surface area contributed by atoms with E-state index in [0.717, 1.165) is 38.1 Å². The van der Waals surface area contributed by atoms with Gasteiger partial charge < -0.3 is 20.5 Å². The van der Waals surface area contributed by atoms with Gasteiger partial charge in [0.1, 0.15) is 18.5 Å². The molecular formula is C17H24F3N3O2. The summed E-state index contributed by atoms with van der Waals surface area (Å²) in [7, 11) is 0. The zero-order valence-electron chi connectivity index (χ0n) is 14.2. The summed E-state index contributed by atoms with van der Waals surface area (Å²) in [6.45, 7) is 3.92. The Balaban J connectivity index is 1.76. The molecule has 0 radical (unpaired) electrons. The van der Waals surface area contributed by atoms with Crippen LogP contribution in [0.4, 0.5) is 13.2 Å². The number of ether oxygens (including phenoxy) is 1. The van der Waals surface area contributed by atoms with E-state index in [1.54, 1.807) is 0 Å². The second kappa shape index (κ2) is 8.42. The van der Waals surface area contributed by atoms with E-state index in [0.29, 0.717) is 11.9 Å². The van der Waals surface area contributed by atoms with Crippen molar-refractivity contribution in [2.45, 2.75) is 32.0 Å². The molecule has 1 aromatic carbocycles. The molecule has 1 saturated heterocycles. The monoisotopic (exact) mass is 359 g/mol. The highest BCUT2D eigenvalue weighted by Gasteiger charge is 2.30. The first kappa shape index (κ1) is 19.4. The molecule has 3 N–H and O–H groups in total. The maximum Gasteiger partial charge on any atom is 0.416 e. The van der Waals surface area contributed by atoms with Crippen LogP contribution < -0.4 is 10.5 Å². The Labute approximate surface area is 145 Å². The highest BCUT2D eigenvalue weighted by atomic mass is 19.4. The number of aliphatic hydroxyl groups excluding tert-OH is 1. The van der Waals surface area contributed by atoms with Gasteiger partial charge in [0, 0.05) is 13.1 Å². The summed E-state index contributed by atoms with van der Waals surface area (Å²) in [4.78, 5) is 6.16. The minimum Gasteiger partial charge on any atom is -0.491 e. The number of hydrogen-bond acceptors (Lipinski definition) is 3. The standard InChI is InChI=1S/C17H24F3N3O2/c1-12-6-8-23(9-7-12)16(21)22-10-14(24)11-25-15-4-2-13(3-5-15)17(18,19)20/h2-5,12,14,24H,6-11H2,1H3,(H2,21,22). The second-order valence-corrected chi connectivity index (χ2v) is 6.36. The molecule has 2 rings (SSSR count). The van der Waals surface area contributed by atoms with Crippen molar-refractivity contribution in [1.82, 2.24) is 4.90 Å². The third-order valence-electron chi connectivity index (χ3n) is 4.20. The summed E-state index contributed by atoms with van der Waals surface area (Å²) in [5.74, 6) is 1.35. The highest BCUT2D eigenvalue weighted by Crippen LogP contribution is 2.30. The SMILES string of the molecule is CC1CCN(C(N)=NCC(O)COc2ccc(C(F)(F)F)cc2)CC1. The quantitative estimate of drug-likeness (QED) is 0.626. The molecule has 5 nitrogen and oxygen atoms in total. The molecule has 0 saturated carbocycles. The number of piperidine rings is 1. The van der Waals surface area contributed by atoms with Gasteiger partial charge >= 0.3 is 6.18 Å². The first-order chi connectivity index (χ1) is 11.8. The smallest absolute Gasteiger partial charge is 0.416 e. The van der Waals surface area contributed by atoms with Crippen molar-refractivity contribution in [3.8, 4) is 5.75 Å². The fourth-order valence-corrected chi connectivity index (χ4v) is 2.52. The molecule has 1 fully saturated rings. The molecule has 1 unspecified atom stereocenters. The number of nitrogens with zero attached hydrogens (tertiary/aromatic N) is 2. The summed E-state index contributed by atoms with van der Waals surface area (Å²) >= 11 is 0. The molecule has 1 atom stereocenters. The predicted octanol–water partition coefficient (Wildman–Crippen LogP) is 2.49. The number of likely N-dealkylation sites (tertiary alicyclic amines) is 1. The first-order valence-corrected chi connectivity index (χ1v) is 8.28. The molecule has 0 aliphatic carbocycles. The second-order valence-electron chi connectivity index (χ2n) is 6.36. The summed E-state index contributed by atoms with van der Waals surface area (Å²) in [6.07, 6.45) is -3.13. The topological polar surface area (TPSA) is 71.1 Å². The lowest BCUT2D eigenvalue weighted by molar-refractivity contribution is -0.137. The van der Waals surface area contributed by atoms with Gasteiger partial charge in [-0.25, -0.2) is 0 Å². The van der Waals surface area contributed by atoms with Crippen LogP contribution in [0.15, 0.2) is 29.3 Å². The number of aliphatic hydroxyl groups is 1. The molecule has 140 valence electrons. The van der Waals surface area contributed by atoms with Gasteiger partial charge in [-0.3, -0.25) is 4.99 Å². The van der Waals surface area contributed by atoms with Crippen LogP contribution in [-0.4, -0.2) is 48.3 Å². The molecule has 25 heavy (non-hydrogen) atoms. The van der Waals surface area contributed by atoms with Crippen molar-refractivity contribution in [2.24, 2.45) is 16.6 Å². The Bertz CT molecular complexity index is 567. The van der Waals surface area contributed by atoms with Crippen molar-refractivity contribution < 1.29 is 23.0 Å². The third-order valence-corrected chi connectivity index (χ3v) is 4.20. The predicted molar refractivity (Wildman–Crippen MR) is 89.4 cm³/mol. The van der Waals surface area contributed by atoms with E-state index in [9.17, 15) is 18.3 Å². The van der Waals surface area contributed by atoms with Gasteiger partial charge in [0.15, 0.2) is 5.96 Å². The lowest BCUT2D eigenvalue weighted by atomic mass is 10.00. The molecule has 1 aliphatic heterocycles. The van der Waals surface area contributed by atoms with Crippen LogP contribution in [0.5, 0.6) is 5.75 Å². The van der Waals surface area contributed by atoms with E-state index in [1.807, 2.05) is 4.90 Å². The van der Waals surface area contributed by atoms with Gasteiger partial charge in [0.25, 0.3) is 0 Å². The molecule has 0 aromatic heterocycles. The van der Waals surface area contributed by atoms with E-state index >= 15 is 0 Å². The third kappa shape index (κ3) is 6.12. The van der Waals surface area contributed by atoms with E-state index in [2.05, 4.69) is 11.9 Å². The van der Waals surface area contributed by atoms with Crippen molar-refractivity contribution in [1.29, 1.82) is 0 Å². The Morgan fingerprint density at radius 2 is 1.92 bits per heavy atom. The van der Waals surface area contributed by atoms with Gasteiger partial charge in [-0.1, -0.05) is 6.92 Å². The zero-order valence-corrected chi connectivity index (χ0v) is 14.2. The molecule has 0 spiro atoms. The normalized spacial score (nSPS) is 18.3. The van der Waals surface area contributed by atoms with Crippen LogP contribution in [0.3, 0.4) is 0 Å². The number of benzene rings is 1. The van der Waals surface area contributed by atoms with E-state index in [4.69, 9.17) is 10.5 Å². The molecule has 8 heteroatoms. The van der Waals surface area contributed by atoms with Crippen molar-refractivity contribution in [2.75, 3.05) is 26.2 Å². The molecule has 1 aliphatic rings. The molecule has 1 heterocycles. The van der Waals surface area contributed by atoms with Gasteiger partial charge in [-0.2, -0.15) is 13.2 Å². The summed E-state index contributed by atoms with van der Waals surface area (Å²) in [6, 6.07) is 4.33. The number of alkyl halides is 3. The largest absolute Gasteiger partial charge is 0.491 e. The number of rotatable bonds is 5. The van der Waals surface area contributed by atoms with Gasteiger partial charge in [0.05, 0.1) is 12.1 Å². The number of halogens is 3. The Hall–Kier alpha value is -1.96. The number of aliphatic imine (C=N–C) groups is 1. The summed E-state index contributed by atoms with van der Waals surface area (Å²) in [5.41, 5.74) is 5.18. The Morgan fingerprint density at radius 1 is 1.32 bits per heavy atom. The van der Waals surface area contributed by atoms with Crippen molar-refractivity contribution in [3.63, 3.8) is 0 Å². The van der Waals surface area contributed by atoms with Crippen LogP contribution in [0, 0.1) is 5.92 Å². The van der Waals surface area contributed by atoms with Crippen molar-refractivity contribution >= 4 is 5.96 Å². The Morgan fingerprint density at radius 3 is 2.48 bits per heavy atom. The number of guanidine groups is 1. The number of hydrogen-bond donors (Lipinski definition) is 2. The highest BCUT2D eigenvalue weighted by molar-refractivity contribution is 5.78. The molecule has 0 bridgehead atoms. The summed E-state index contributed by atoms with van der Waals surface area (Å²) < 4.78 is 42.7. The molecular weight excluding hydrogens is 335 g/mol. The van der Waals surface area contributed by atoms with E-state index in [-0.39, 0.29) is 18.9 Å². The minimum absolute atomic E-state index is 0.0703.